The first-order chi connectivity index (χ1) is 29.4. The number of carboxylic acid groups (broad SMARTS) is 2. The topological polar surface area (TPSA) is 263 Å². The van der Waals surface area contributed by atoms with E-state index in [1.807, 2.05) is 25.1 Å². The molecule has 0 unspecified atom stereocenters. The molecule has 328 valence electrons. The first kappa shape index (κ1) is 46.3. The van der Waals surface area contributed by atoms with Crippen LogP contribution in [0.1, 0.15) is 78.6 Å². The SMILES string of the molecule is Cc1ccc2c(c1)CCN(C(=O)[C@@H](NC(=O)[C@H](CC(=O)O)NC(=O)[C@@H](NC(=O)c1ccc3ccccc3n1)C(C)C)C(C)C)[C@@H]2C(=O)N[C@@H](CC(=O)O)C(=O)OCc1cncs1. The molecule has 1 aliphatic rings. The van der Waals surface area contributed by atoms with Crippen molar-refractivity contribution in [3.63, 3.8) is 0 Å². The summed E-state index contributed by atoms with van der Waals surface area (Å²) in [6.07, 6.45) is 0.0727. The summed E-state index contributed by atoms with van der Waals surface area (Å²) in [5, 5.41) is 30.3. The lowest BCUT2D eigenvalue weighted by molar-refractivity contribution is -0.154. The van der Waals surface area contributed by atoms with Crippen LogP contribution in [-0.2, 0) is 51.3 Å². The lowest BCUT2D eigenvalue weighted by atomic mass is 9.89. The van der Waals surface area contributed by atoms with Crippen molar-refractivity contribution in [3.8, 4) is 0 Å². The number of aryl methyl sites for hydroxylation is 1. The number of esters is 1. The first-order valence-electron chi connectivity index (χ1n) is 19.9. The van der Waals surface area contributed by atoms with Crippen LogP contribution in [0, 0.1) is 18.8 Å². The number of carbonyl (C=O) groups excluding carboxylic acids is 6. The summed E-state index contributed by atoms with van der Waals surface area (Å²) in [7, 11) is 0. The number of pyridine rings is 1. The zero-order valence-electron chi connectivity index (χ0n) is 34.7. The standard InChI is InChI=1S/C43H49N7O11S/c1-22(2)35(48-38(55)30-13-11-25-8-6-7-9-29(25)45-30)40(57)46-31(17-33(51)52)39(56)49-36(23(3)4)42(59)50-15-14-26-16-24(5)10-12-28(26)37(50)41(58)47-32(18-34(53)54)43(60)61-20-27-19-44-21-62-27/h6-13,16,19,21-23,31-32,35-37H,14-15,17-18,20H2,1-5H3,(H,46,57)(H,47,58)(H,48,55)(H,49,56)(H,51,52)(H,53,54)/t31-,32-,35-,36-,37-/m0/s1. The number of aromatic nitrogens is 2. The summed E-state index contributed by atoms with van der Waals surface area (Å²) >= 11 is 1.21. The van der Waals surface area contributed by atoms with E-state index in [2.05, 4.69) is 31.2 Å². The molecule has 6 N–H and O–H groups in total. The first-order valence-corrected chi connectivity index (χ1v) is 20.8. The monoisotopic (exact) mass is 871 g/mol. The molecule has 0 fully saturated rings. The Morgan fingerprint density at radius 2 is 1.52 bits per heavy atom. The number of fused-ring (bicyclic) bond motifs is 2. The van der Waals surface area contributed by atoms with Gasteiger partial charge < -0.3 is 41.1 Å². The number of para-hydroxylation sites is 1. The van der Waals surface area contributed by atoms with Crippen LogP contribution in [0.4, 0.5) is 0 Å². The molecule has 0 saturated carbocycles. The second-order valence-corrected chi connectivity index (χ2v) is 16.6. The fourth-order valence-electron chi connectivity index (χ4n) is 6.98. The largest absolute Gasteiger partial charge is 0.481 e. The fraction of sp³-hybridized carbons (Fsp3) is 0.395. The fourth-order valence-corrected chi connectivity index (χ4v) is 7.49. The van der Waals surface area contributed by atoms with Gasteiger partial charge in [-0.05, 0) is 48.4 Å². The highest BCUT2D eigenvalue weighted by Crippen LogP contribution is 2.32. The molecular weight excluding hydrogens is 823 g/mol. The van der Waals surface area contributed by atoms with Crippen LogP contribution in [0.3, 0.4) is 0 Å². The summed E-state index contributed by atoms with van der Waals surface area (Å²) in [4.78, 5) is 117. The predicted octanol–water partition coefficient (Wildman–Crippen LogP) is 2.68. The van der Waals surface area contributed by atoms with E-state index in [1.165, 1.54) is 34.0 Å². The molecule has 0 bridgehead atoms. The van der Waals surface area contributed by atoms with E-state index in [1.54, 1.807) is 58.0 Å². The van der Waals surface area contributed by atoms with E-state index in [9.17, 15) is 48.6 Å². The smallest absolute Gasteiger partial charge is 0.329 e. The Hall–Kier alpha value is -6.76. The van der Waals surface area contributed by atoms with E-state index >= 15 is 0 Å². The van der Waals surface area contributed by atoms with E-state index in [-0.39, 0.29) is 18.8 Å². The Labute approximate surface area is 360 Å². The maximum Gasteiger partial charge on any atom is 0.329 e. The molecule has 0 saturated heterocycles. The second kappa shape index (κ2) is 20.7. The number of benzene rings is 2. The third-order valence-electron chi connectivity index (χ3n) is 10.2. The van der Waals surface area contributed by atoms with Gasteiger partial charge in [0.2, 0.25) is 23.6 Å². The third kappa shape index (κ3) is 11.7. The molecule has 1 aliphatic heterocycles. The number of hydrogen-bond acceptors (Lipinski definition) is 12. The van der Waals surface area contributed by atoms with Crippen molar-refractivity contribution in [1.29, 1.82) is 0 Å². The van der Waals surface area contributed by atoms with Crippen LogP contribution in [0.25, 0.3) is 10.9 Å². The molecule has 18 nitrogen and oxygen atoms in total. The second-order valence-electron chi connectivity index (χ2n) is 15.6. The van der Waals surface area contributed by atoms with Gasteiger partial charge in [0.25, 0.3) is 5.91 Å². The van der Waals surface area contributed by atoms with Crippen LogP contribution in [0.15, 0.2) is 66.3 Å². The predicted molar refractivity (Wildman–Crippen MR) is 224 cm³/mol. The number of aliphatic carboxylic acids is 2. The number of nitrogens with one attached hydrogen (secondary N) is 4. The van der Waals surface area contributed by atoms with Crippen molar-refractivity contribution in [2.24, 2.45) is 11.8 Å². The van der Waals surface area contributed by atoms with Crippen LogP contribution >= 0.6 is 11.3 Å². The molecule has 5 amide bonds. The minimum Gasteiger partial charge on any atom is -0.481 e. The number of amides is 5. The summed E-state index contributed by atoms with van der Waals surface area (Å²) in [6.45, 7) is 8.17. The molecule has 19 heteroatoms. The molecule has 62 heavy (non-hydrogen) atoms. The highest BCUT2D eigenvalue weighted by molar-refractivity contribution is 7.09. The molecule has 3 heterocycles. The van der Waals surface area contributed by atoms with E-state index in [4.69, 9.17) is 4.74 Å². The summed E-state index contributed by atoms with van der Waals surface area (Å²) in [6, 6.07) is 8.27. The number of nitrogens with zero attached hydrogens (tertiary/aromatic N) is 3. The molecule has 0 spiro atoms. The lowest BCUT2D eigenvalue weighted by Gasteiger charge is -2.39. The van der Waals surface area contributed by atoms with Gasteiger partial charge >= 0.3 is 17.9 Å². The summed E-state index contributed by atoms with van der Waals surface area (Å²) in [5.74, 6) is -9.19. The zero-order chi connectivity index (χ0) is 45.2. The Kier molecular flexibility index (Phi) is 15.4. The normalized spacial score (nSPS) is 15.4. The van der Waals surface area contributed by atoms with E-state index < -0.39 is 102 Å². The van der Waals surface area contributed by atoms with Gasteiger partial charge in [0.1, 0.15) is 42.5 Å². The van der Waals surface area contributed by atoms with Gasteiger partial charge in [-0.3, -0.25) is 38.5 Å². The highest BCUT2D eigenvalue weighted by Gasteiger charge is 2.42. The highest BCUT2D eigenvalue weighted by atomic mass is 32.1. The molecule has 4 aromatic rings. The molecule has 2 aromatic heterocycles. The molecule has 5 atom stereocenters. The Morgan fingerprint density at radius 1 is 0.823 bits per heavy atom. The van der Waals surface area contributed by atoms with Gasteiger partial charge in [0.05, 0.1) is 28.7 Å². The number of carbonyl (C=O) groups is 8. The van der Waals surface area contributed by atoms with Crippen molar-refractivity contribution < 1.29 is 53.3 Å². The molecule has 0 aliphatic carbocycles. The van der Waals surface area contributed by atoms with Crippen molar-refractivity contribution in [2.45, 2.75) is 90.7 Å². The molecular formula is C43H49N7O11S. The maximum atomic E-state index is 14.6. The van der Waals surface area contributed by atoms with Crippen molar-refractivity contribution in [3.05, 3.63) is 93.6 Å². The van der Waals surface area contributed by atoms with Crippen LogP contribution in [0.5, 0.6) is 0 Å². The maximum absolute atomic E-state index is 14.6. The van der Waals surface area contributed by atoms with Crippen LogP contribution < -0.4 is 21.3 Å². The lowest BCUT2D eigenvalue weighted by Crippen LogP contribution is -2.60. The number of rotatable bonds is 18. The average Bonchev–Trinajstić information content (AvgIpc) is 3.75. The van der Waals surface area contributed by atoms with Crippen molar-refractivity contribution >= 4 is 69.7 Å². The Bertz CT molecular complexity index is 2340. The van der Waals surface area contributed by atoms with Gasteiger partial charge in [-0.15, -0.1) is 11.3 Å². The molecule has 0 radical (unpaired) electrons. The quantitative estimate of drug-likeness (QED) is 0.0787. The minimum atomic E-state index is -1.71. The molecule has 5 rings (SSSR count). The Morgan fingerprint density at radius 3 is 2.18 bits per heavy atom. The number of hydrogen-bond donors (Lipinski definition) is 6. The Balaban J connectivity index is 1.36. The zero-order valence-corrected chi connectivity index (χ0v) is 35.6. The van der Waals surface area contributed by atoms with Crippen molar-refractivity contribution in [1.82, 2.24) is 36.1 Å². The summed E-state index contributed by atoms with van der Waals surface area (Å²) in [5.41, 5.74) is 4.13. The number of thiazole rings is 1. The average molecular weight is 872 g/mol. The van der Waals surface area contributed by atoms with Gasteiger partial charge in [-0.25, -0.2) is 9.78 Å². The number of carboxylic acids is 2. The van der Waals surface area contributed by atoms with Gasteiger partial charge in [0, 0.05) is 18.1 Å². The summed E-state index contributed by atoms with van der Waals surface area (Å²) < 4.78 is 5.30. The van der Waals surface area contributed by atoms with E-state index in [0.717, 1.165) is 16.5 Å². The minimum absolute atomic E-state index is 0.0248. The number of ether oxygens (including phenoxy) is 1. The van der Waals surface area contributed by atoms with Crippen LogP contribution in [0.2, 0.25) is 0 Å². The van der Waals surface area contributed by atoms with Gasteiger partial charge in [-0.2, -0.15) is 0 Å². The third-order valence-corrected chi connectivity index (χ3v) is 10.9. The van der Waals surface area contributed by atoms with Crippen LogP contribution in [-0.4, -0.2) is 103 Å². The van der Waals surface area contributed by atoms with E-state index in [0.29, 0.717) is 22.4 Å². The van der Waals surface area contributed by atoms with Crippen molar-refractivity contribution in [2.75, 3.05) is 6.54 Å². The van der Waals surface area contributed by atoms with Gasteiger partial charge in [-0.1, -0.05) is 75.7 Å². The van der Waals surface area contributed by atoms with Gasteiger partial charge in [0.15, 0.2) is 0 Å². The molecule has 2 aromatic carbocycles.